The van der Waals surface area contributed by atoms with Crippen molar-refractivity contribution in [1.29, 1.82) is 0 Å². The van der Waals surface area contributed by atoms with Gasteiger partial charge in [-0.3, -0.25) is 4.79 Å². The highest BCUT2D eigenvalue weighted by Gasteiger charge is 2.47. The largest absolute Gasteiger partial charge is 0.457 e. The normalized spacial score (nSPS) is 28.6. The summed E-state index contributed by atoms with van der Waals surface area (Å²) in [5.41, 5.74) is 0. The molecule has 11 atom stereocenters. The Labute approximate surface area is 347 Å². The molecule has 14 nitrogen and oxygen atoms in total. The molecule has 2 heterocycles. The number of aliphatic hydroxyl groups is 7. The molecule has 11 unspecified atom stereocenters. The topological polar surface area (TPSA) is 214 Å². The van der Waals surface area contributed by atoms with Gasteiger partial charge in [0.05, 0.1) is 26.4 Å². The molecule has 0 amide bonds. The zero-order valence-electron chi connectivity index (χ0n) is 35.3. The lowest BCUT2D eigenvalue weighted by Crippen LogP contribution is -2.61. The van der Waals surface area contributed by atoms with Gasteiger partial charge in [0.25, 0.3) is 0 Å². The molecule has 2 fully saturated rings. The Morgan fingerprint density at radius 1 is 0.586 bits per heavy atom. The summed E-state index contributed by atoms with van der Waals surface area (Å²) in [6.45, 7) is 3.51. The van der Waals surface area contributed by atoms with E-state index in [-0.39, 0.29) is 19.6 Å². The predicted octanol–water partition coefficient (Wildman–Crippen LogP) is 4.68. The number of hydrogen-bond donors (Lipinski definition) is 7. The molecule has 0 aromatic carbocycles. The molecule has 2 aliphatic rings. The van der Waals surface area contributed by atoms with E-state index in [1.54, 1.807) is 0 Å². The second-order valence-corrected chi connectivity index (χ2v) is 15.5. The van der Waals surface area contributed by atoms with E-state index < -0.39 is 86.7 Å². The average molecular weight is 831 g/mol. The van der Waals surface area contributed by atoms with Crippen molar-refractivity contribution in [2.75, 3.05) is 33.0 Å². The van der Waals surface area contributed by atoms with Crippen molar-refractivity contribution < 1.29 is 69.0 Å². The average Bonchev–Trinajstić information content (AvgIpc) is 3.22. The van der Waals surface area contributed by atoms with E-state index >= 15 is 0 Å². The van der Waals surface area contributed by atoms with Crippen molar-refractivity contribution in [2.45, 2.75) is 203 Å². The number of rotatable bonds is 33. The molecule has 0 saturated carbocycles. The van der Waals surface area contributed by atoms with Gasteiger partial charge in [-0.15, -0.1) is 0 Å². The maximum Gasteiger partial charge on any atom is 0.306 e. The third-order valence-corrected chi connectivity index (χ3v) is 10.4. The van der Waals surface area contributed by atoms with E-state index in [1.807, 2.05) is 0 Å². The van der Waals surface area contributed by atoms with Crippen molar-refractivity contribution in [3.63, 3.8) is 0 Å². The fraction of sp³-hybridized carbons (Fsp3) is 0.841. The Bertz CT molecular complexity index is 1100. The smallest absolute Gasteiger partial charge is 0.306 e. The standard InChI is InChI=1S/C44H78O14/c1-3-5-7-9-11-13-14-15-16-17-18-19-21-23-25-27-36(46)56-33(30-53-28-26-24-22-20-12-10-8-6-4-2)31-54-43-42(52)40(50)38(48)35(58-43)32-55-44-41(51)39(49)37(47)34(29-45)57-44/h5,7,11,13,15-16,33-35,37-45,47-52H,3-4,6,8-10,12,14,17-32H2,1-2H3/b7-5-,13-11-,16-15-. The summed E-state index contributed by atoms with van der Waals surface area (Å²) in [4.78, 5) is 12.9. The molecular formula is C44H78O14. The summed E-state index contributed by atoms with van der Waals surface area (Å²) in [6.07, 6.45) is 16.5. The molecule has 58 heavy (non-hydrogen) atoms. The summed E-state index contributed by atoms with van der Waals surface area (Å²) in [5.74, 6) is -0.396. The minimum absolute atomic E-state index is 0.0552. The Morgan fingerprint density at radius 3 is 1.76 bits per heavy atom. The third kappa shape index (κ3) is 21.6. The van der Waals surface area contributed by atoms with Gasteiger partial charge in [0.2, 0.25) is 0 Å². The van der Waals surface area contributed by atoms with Gasteiger partial charge in [-0.05, 0) is 44.9 Å². The second-order valence-electron chi connectivity index (χ2n) is 15.5. The molecule has 0 aromatic rings. The number of aliphatic hydroxyl groups excluding tert-OH is 7. The fourth-order valence-electron chi connectivity index (χ4n) is 6.77. The molecule has 2 saturated heterocycles. The first-order valence-electron chi connectivity index (χ1n) is 22.1. The molecule has 0 spiro atoms. The van der Waals surface area contributed by atoms with Gasteiger partial charge < -0.3 is 64.2 Å². The molecule has 14 heteroatoms. The molecular weight excluding hydrogens is 752 g/mol. The van der Waals surface area contributed by atoms with Crippen LogP contribution in [0.2, 0.25) is 0 Å². The van der Waals surface area contributed by atoms with Crippen LogP contribution in [0, 0.1) is 0 Å². The Morgan fingerprint density at radius 2 is 1.12 bits per heavy atom. The van der Waals surface area contributed by atoms with Crippen LogP contribution in [0.4, 0.5) is 0 Å². The minimum atomic E-state index is -1.71. The molecule has 0 aromatic heterocycles. The zero-order valence-corrected chi connectivity index (χ0v) is 35.3. The van der Waals surface area contributed by atoms with Crippen LogP contribution in [0.25, 0.3) is 0 Å². The third-order valence-electron chi connectivity index (χ3n) is 10.4. The number of ether oxygens (including phenoxy) is 6. The van der Waals surface area contributed by atoms with E-state index in [2.05, 4.69) is 50.3 Å². The van der Waals surface area contributed by atoms with Gasteiger partial charge >= 0.3 is 5.97 Å². The van der Waals surface area contributed by atoms with Gasteiger partial charge in [0.15, 0.2) is 12.6 Å². The van der Waals surface area contributed by atoms with Crippen LogP contribution in [-0.4, -0.2) is 142 Å². The lowest BCUT2D eigenvalue weighted by Gasteiger charge is -2.42. The maximum absolute atomic E-state index is 12.9. The van der Waals surface area contributed by atoms with Gasteiger partial charge in [-0.25, -0.2) is 0 Å². The molecule has 0 bridgehead atoms. The Balaban J connectivity index is 1.82. The van der Waals surface area contributed by atoms with Crippen LogP contribution in [0.3, 0.4) is 0 Å². The van der Waals surface area contributed by atoms with E-state index in [9.17, 15) is 40.5 Å². The Kier molecular flexibility index (Phi) is 29.7. The van der Waals surface area contributed by atoms with Crippen molar-refractivity contribution in [3.05, 3.63) is 36.5 Å². The van der Waals surface area contributed by atoms with Gasteiger partial charge in [-0.1, -0.05) is 121 Å². The summed E-state index contributed by atoms with van der Waals surface area (Å²) >= 11 is 0. The van der Waals surface area contributed by atoms with Crippen LogP contribution in [0.5, 0.6) is 0 Å². The number of allylic oxidation sites excluding steroid dienone is 6. The van der Waals surface area contributed by atoms with Gasteiger partial charge in [0.1, 0.15) is 54.9 Å². The first kappa shape index (κ1) is 52.3. The summed E-state index contributed by atoms with van der Waals surface area (Å²) < 4.78 is 34.0. The van der Waals surface area contributed by atoms with Crippen LogP contribution in [0.15, 0.2) is 36.5 Å². The number of carbonyl (C=O) groups is 1. The van der Waals surface area contributed by atoms with Gasteiger partial charge in [-0.2, -0.15) is 0 Å². The van der Waals surface area contributed by atoms with Crippen LogP contribution < -0.4 is 0 Å². The van der Waals surface area contributed by atoms with E-state index in [1.165, 1.54) is 38.5 Å². The fourth-order valence-corrected chi connectivity index (χ4v) is 6.77. The second kappa shape index (κ2) is 32.9. The van der Waals surface area contributed by atoms with Crippen molar-refractivity contribution in [3.8, 4) is 0 Å². The number of esters is 1. The molecule has 2 aliphatic heterocycles. The predicted molar refractivity (Wildman–Crippen MR) is 220 cm³/mol. The maximum atomic E-state index is 12.9. The van der Waals surface area contributed by atoms with Crippen LogP contribution in [-0.2, 0) is 33.2 Å². The van der Waals surface area contributed by atoms with E-state index in [0.29, 0.717) is 13.0 Å². The number of carbonyl (C=O) groups excluding carboxylic acids is 1. The first-order valence-corrected chi connectivity index (χ1v) is 22.1. The number of unbranched alkanes of at least 4 members (excludes halogenated alkanes) is 13. The van der Waals surface area contributed by atoms with Crippen molar-refractivity contribution >= 4 is 5.97 Å². The monoisotopic (exact) mass is 831 g/mol. The Hall–Kier alpha value is -1.79. The molecule has 2 rings (SSSR count). The highest BCUT2D eigenvalue weighted by Crippen LogP contribution is 2.26. The molecule has 7 N–H and O–H groups in total. The zero-order chi connectivity index (χ0) is 42.4. The lowest BCUT2D eigenvalue weighted by molar-refractivity contribution is -0.332. The first-order chi connectivity index (χ1) is 28.1. The molecule has 0 radical (unpaired) electrons. The van der Waals surface area contributed by atoms with Crippen molar-refractivity contribution in [1.82, 2.24) is 0 Å². The van der Waals surface area contributed by atoms with Gasteiger partial charge in [0, 0.05) is 13.0 Å². The lowest BCUT2D eigenvalue weighted by atomic mass is 9.98. The quantitative estimate of drug-likeness (QED) is 0.0272. The number of hydrogen-bond acceptors (Lipinski definition) is 14. The SMILES string of the molecule is CC/C=C\C/C=C\C/C=C\CCCCCCCC(=O)OC(COCCCCCCCCCCC)COC1OC(COC2OC(CO)C(O)C(O)C2O)C(O)C(O)C1O. The van der Waals surface area contributed by atoms with Crippen molar-refractivity contribution in [2.24, 2.45) is 0 Å². The minimum Gasteiger partial charge on any atom is -0.457 e. The molecule has 0 aliphatic carbocycles. The van der Waals surface area contributed by atoms with E-state index in [0.717, 1.165) is 70.6 Å². The summed E-state index contributed by atoms with van der Waals surface area (Å²) in [5, 5.41) is 71.8. The summed E-state index contributed by atoms with van der Waals surface area (Å²) in [7, 11) is 0. The van der Waals surface area contributed by atoms with E-state index in [4.69, 9.17) is 28.4 Å². The van der Waals surface area contributed by atoms with Crippen LogP contribution in [0.1, 0.15) is 136 Å². The van der Waals surface area contributed by atoms with Crippen LogP contribution >= 0.6 is 0 Å². The highest BCUT2D eigenvalue weighted by atomic mass is 16.7. The highest BCUT2D eigenvalue weighted by molar-refractivity contribution is 5.69. The molecule has 338 valence electrons. The summed E-state index contributed by atoms with van der Waals surface area (Å²) in [6, 6.07) is 0.